The minimum atomic E-state index is 0.555. The minimum Gasteiger partial charge on any atom is -0.497 e. The molecule has 98 valence electrons. The van der Waals surface area contributed by atoms with E-state index >= 15 is 0 Å². The molecule has 1 aliphatic heterocycles. The highest BCUT2D eigenvalue weighted by Gasteiger charge is 2.22. The summed E-state index contributed by atoms with van der Waals surface area (Å²) in [5.74, 6) is 2.66. The lowest BCUT2D eigenvalue weighted by molar-refractivity contribution is 0.414. The van der Waals surface area contributed by atoms with Crippen LogP contribution in [0.4, 0.5) is 0 Å². The van der Waals surface area contributed by atoms with Crippen LogP contribution in [0.2, 0.25) is 0 Å². The first-order chi connectivity index (χ1) is 8.69. The van der Waals surface area contributed by atoms with Crippen LogP contribution in [-0.2, 0) is 6.54 Å². The van der Waals surface area contributed by atoms with E-state index < -0.39 is 0 Å². The average Bonchev–Trinajstić information content (AvgIpc) is 2.85. The number of methoxy groups -OCH3 is 1. The molecule has 1 N–H and O–H groups in total. The Kier molecular flexibility index (Phi) is 4.53. The van der Waals surface area contributed by atoms with Crippen molar-refractivity contribution in [1.82, 2.24) is 5.32 Å². The molecule has 4 heteroatoms. The second-order valence-electron chi connectivity index (χ2n) is 4.78. The molecule has 18 heavy (non-hydrogen) atoms. The predicted molar refractivity (Wildman–Crippen MR) is 78.4 cm³/mol. The highest BCUT2D eigenvalue weighted by Crippen LogP contribution is 2.20. The van der Waals surface area contributed by atoms with Gasteiger partial charge in [-0.3, -0.25) is 4.99 Å². The van der Waals surface area contributed by atoms with Crippen molar-refractivity contribution in [2.75, 3.05) is 12.9 Å². The highest BCUT2D eigenvalue weighted by atomic mass is 32.2. The fourth-order valence-corrected chi connectivity index (χ4v) is 2.99. The maximum Gasteiger partial charge on any atom is 0.157 e. The molecule has 1 aliphatic rings. The van der Waals surface area contributed by atoms with Crippen LogP contribution in [0.3, 0.4) is 0 Å². The molecule has 1 saturated heterocycles. The standard InChI is InChI=1S/C14H20N2OS/c1-10(2)13-9-18-14(16-13)15-8-11-5-4-6-12(7-11)17-3/h4-7,10,13H,8-9H2,1-3H3,(H,15,16)/t13-/m1/s1. The number of hydrogen-bond acceptors (Lipinski definition) is 3. The molecule has 1 aromatic carbocycles. The van der Waals surface area contributed by atoms with E-state index in [1.165, 1.54) is 5.56 Å². The first-order valence-electron chi connectivity index (χ1n) is 6.25. The molecule has 0 aromatic heterocycles. The fraction of sp³-hybridized carbons (Fsp3) is 0.500. The summed E-state index contributed by atoms with van der Waals surface area (Å²) in [7, 11) is 1.69. The molecule has 1 aromatic rings. The third-order valence-electron chi connectivity index (χ3n) is 3.05. The summed E-state index contributed by atoms with van der Waals surface area (Å²) in [5, 5.41) is 4.54. The lowest BCUT2D eigenvalue weighted by Crippen LogP contribution is -2.31. The number of benzene rings is 1. The number of ether oxygens (including phenoxy) is 1. The van der Waals surface area contributed by atoms with Crippen molar-refractivity contribution in [3.05, 3.63) is 29.8 Å². The van der Waals surface area contributed by atoms with E-state index in [1.54, 1.807) is 7.11 Å². The van der Waals surface area contributed by atoms with Gasteiger partial charge in [-0.2, -0.15) is 0 Å². The van der Waals surface area contributed by atoms with Gasteiger partial charge in [-0.1, -0.05) is 37.7 Å². The number of hydrogen-bond donors (Lipinski definition) is 1. The topological polar surface area (TPSA) is 33.6 Å². The SMILES string of the molecule is COc1cccc(CN=C2N[C@@H](C(C)C)CS2)c1. The van der Waals surface area contributed by atoms with Crippen molar-refractivity contribution in [2.45, 2.75) is 26.4 Å². The van der Waals surface area contributed by atoms with Crippen LogP contribution in [0, 0.1) is 5.92 Å². The normalized spacial score (nSPS) is 21.3. The van der Waals surface area contributed by atoms with Gasteiger partial charge in [0.1, 0.15) is 5.75 Å². The largest absolute Gasteiger partial charge is 0.497 e. The van der Waals surface area contributed by atoms with Gasteiger partial charge in [0.2, 0.25) is 0 Å². The maximum absolute atomic E-state index is 5.21. The zero-order chi connectivity index (χ0) is 13.0. The van der Waals surface area contributed by atoms with Gasteiger partial charge in [0.15, 0.2) is 5.17 Å². The van der Waals surface area contributed by atoms with Gasteiger partial charge in [-0.05, 0) is 23.6 Å². The first-order valence-corrected chi connectivity index (χ1v) is 7.24. The fourth-order valence-electron chi connectivity index (χ4n) is 1.79. The summed E-state index contributed by atoms with van der Waals surface area (Å²) < 4.78 is 5.21. The summed E-state index contributed by atoms with van der Waals surface area (Å²) >= 11 is 1.82. The lowest BCUT2D eigenvalue weighted by Gasteiger charge is -2.13. The van der Waals surface area contributed by atoms with Gasteiger partial charge in [0, 0.05) is 11.8 Å². The second-order valence-corrected chi connectivity index (χ2v) is 5.79. The molecule has 0 saturated carbocycles. The Labute approximate surface area is 113 Å². The number of nitrogens with zero attached hydrogens (tertiary/aromatic N) is 1. The van der Waals surface area contributed by atoms with Crippen molar-refractivity contribution in [2.24, 2.45) is 10.9 Å². The summed E-state index contributed by atoms with van der Waals surface area (Å²) in [6.07, 6.45) is 0. The maximum atomic E-state index is 5.21. The second kappa shape index (κ2) is 6.14. The molecular formula is C14H20N2OS. The van der Waals surface area contributed by atoms with Crippen molar-refractivity contribution in [1.29, 1.82) is 0 Å². The van der Waals surface area contributed by atoms with Gasteiger partial charge in [-0.25, -0.2) is 0 Å². The van der Waals surface area contributed by atoms with Gasteiger partial charge >= 0.3 is 0 Å². The summed E-state index contributed by atoms with van der Waals surface area (Å²) in [6.45, 7) is 5.18. The molecule has 0 aliphatic carbocycles. The molecule has 2 rings (SSSR count). The Bertz CT molecular complexity index is 432. The van der Waals surface area contributed by atoms with Crippen molar-refractivity contribution in [3.63, 3.8) is 0 Å². The molecule has 0 radical (unpaired) electrons. The third-order valence-corrected chi connectivity index (χ3v) is 4.10. The van der Waals surface area contributed by atoms with Gasteiger partial charge in [0.05, 0.1) is 13.7 Å². The smallest absolute Gasteiger partial charge is 0.157 e. The van der Waals surface area contributed by atoms with Crippen molar-refractivity contribution < 1.29 is 4.74 Å². The van der Waals surface area contributed by atoms with Crippen LogP contribution in [0.1, 0.15) is 19.4 Å². The Morgan fingerprint density at radius 2 is 2.33 bits per heavy atom. The Morgan fingerprint density at radius 3 is 3.00 bits per heavy atom. The average molecular weight is 264 g/mol. The van der Waals surface area contributed by atoms with Crippen LogP contribution in [0.25, 0.3) is 0 Å². The Morgan fingerprint density at radius 1 is 1.50 bits per heavy atom. The quantitative estimate of drug-likeness (QED) is 0.908. The van der Waals surface area contributed by atoms with Gasteiger partial charge < -0.3 is 10.1 Å². The number of amidine groups is 1. The molecule has 1 heterocycles. The zero-order valence-corrected chi connectivity index (χ0v) is 12.0. The number of rotatable bonds is 4. The predicted octanol–water partition coefficient (Wildman–Crippen LogP) is 2.91. The van der Waals surface area contributed by atoms with Gasteiger partial charge in [0.25, 0.3) is 0 Å². The van der Waals surface area contributed by atoms with E-state index in [2.05, 4.69) is 30.2 Å². The molecule has 0 amide bonds. The monoisotopic (exact) mass is 264 g/mol. The van der Waals surface area contributed by atoms with Crippen LogP contribution in [0.5, 0.6) is 5.75 Å². The molecular weight excluding hydrogens is 244 g/mol. The first kappa shape index (κ1) is 13.3. The van der Waals surface area contributed by atoms with E-state index in [1.807, 2.05) is 30.0 Å². The highest BCUT2D eigenvalue weighted by molar-refractivity contribution is 8.14. The van der Waals surface area contributed by atoms with Gasteiger partial charge in [-0.15, -0.1) is 0 Å². The van der Waals surface area contributed by atoms with Crippen LogP contribution >= 0.6 is 11.8 Å². The molecule has 0 spiro atoms. The molecule has 0 unspecified atom stereocenters. The number of thioether (sulfide) groups is 1. The van der Waals surface area contributed by atoms with E-state index in [0.717, 1.165) is 16.7 Å². The third kappa shape index (κ3) is 3.42. The van der Waals surface area contributed by atoms with Crippen molar-refractivity contribution in [3.8, 4) is 5.75 Å². The minimum absolute atomic E-state index is 0.555. The lowest BCUT2D eigenvalue weighted by atomic mass is 10.1. The van der Waals surface area contributed by atoms with E-state index in [-0.39, 0.29) is 0 Å². The van der Waals surface area contributed by atoms with Crippen LogP contribution < -0.4 is 10.1 Å². The molecule has 1 atom stereocenters. The summed E-state index contributed by atoms with van der Waals surface area (Å²) in [5.41, 5.74) is 1.18. The van der Waals surface area contributed by atoms with Crippen LogP contribution in [-0.4, -0.2) is 24.1 Å². The number of nitrogens with one attached hydrogen (secondary N) is 1. The van der Waals surface area contributed by atoms with E-state index in [4.69, 9.17) is 4.74 Å². The molecule has 1 fully saturated rings. The van der Waals surface area contributed by atoms with E-state index in [0.29, 0.717) is 18.5 Å². The Balaban J connectivity index is 1.94. The molecule has 0 bridgehead atoms. The van der Waals surface area contributed by atoms with E-state index in [9.17, 15) is 0 Å². The zero-order valence-electron chi connectivity index (χ0n) is 11.1. The summed E-state index contributed by atoms with van der Waals surface area (Å²) in [4.78, 5) is 4.61. The molecule has 3 nitrogen and oxygen atoms in total. The Hall–Kier alpha value is -1.16. The van der Waals surface area contributed by atoms with Crippen LogP contribution in [0.15, 0.2) is 29.3 Å². The summed E-state index contributed by atoms with van der Waals surface area (Å²) in [6, 6.07) is 8.61. The van der Waals surface area contributed by atoms with Crippen molar-refractivity contribution >= 4 is 16.9 Å². The number of aliphatic imine (C=N–C) groups is 1.